The molecule has 0 saturated carbocycles. The van der Waals surface area contributed by atoms with Gasteiger partial charge < -0.3 is 19.8 Å². The van der Waals surface area contributed by atoms with Gasteiger partial charge in [-0.15, -0.1) is 22.0 Å². The highest BCUT2D eigenvalue weighted by Gasteiger charge is 2.50. The first-order valence-electron chi connectivity index (χ1n) is 10.3. The number of alkyl halides is 6. The number of carboxylic acids is 2. The predicted molar refractivity (Wildman–Crippen MR) is 122 cm³/mol. The van der Waals surface area contributed by atoms with Gasteiger partial charge in [0, 0.05) is 24.5 Å². The average molecular weight is 577 g/mol. The van der Waals surface area contributed by atoms with Crippen LogP contribution in [0, 0.1) is 13.8 Å². The highest BCUT2D eigenvalue weighted by molar-refractivity contribution is 8.01. The molecule has 0 amide bonds. The summed E-state index contributed by atoms with van der Waals surface area (Å²) < 4.78 is 69.9. The van der Waals surface area contributed by atoms with E-state index >= 15 is 0 Å². The minimum absolute atomic E-state index is 0.334. The first-order chi connectivity index (χ1) is 17.0. The van der Waals surface area contributed by atoms with Gasteiger partial charge in [0.05, 0.1) is 23.2 Å². The summed E-state index contributed by atoms with van der Waals surface area (Å²) in [5, 5.41) is 24.7. The van der Waals surface area contributed by atoms with Crippen LogP contribution in [0.1, 0.15) is 22.8 Å². The summed E-state index contributed by atoms with van der Waals surface area (Å²) in [6.45, 7) is 6.76. The van der Waals surface area contributed by atoms with Crippen molar-refractivity contribution < 1.29 is 50.9 Å². The summed E-state index contributed by atoms with van der Waals surface area (Å²) in [6.07, 6.45) is -8.71. The van der Waals surface area contributed by atoms with E-state index in [-0.39, 0.29) is 0 Å². The van der Waals surface area contributed by atoms with E-state index in [4.69, 9.17) is 24.5 Å². The van der Waals surface area contributed by atoms with E-state index in [2.05, 4.69) is 31.8 Å². The third kappa shape index (κ3) is 9.62. The fourth-order valence-corrected chi connectivity index (χ4v) is 5.45. The van der Waals surface area contributed by atoms with E-state index in [9.17, 15) is 26.3 Å². The van der Waals surface area contributed by atoms with E-state index in [1.54, 1.807) is 11.3 Å². The molecule has 1 atom stereocenters. The number of carbonyl (C=O) groups is 2. The number of aryl methyl sites for hydroxylation is 2. The molecule has 1 unspecified atom stereocenters. The topological polar surface area (TPSA) is 126 Å². The van der Waals surface area contributed by atoms with E-state index in [1.807, 2.05) is 32.0 Å². The second-order valence-electron chi connectivity index (χ2n) is 7.97. The zero-order valence-corrected chi connectivity index (χ0v) is 21.0. The van der Waals surface area contributed by atoms with Gasteiger partial charge in [0.15, 0.2) is 0 Å². The largest absolute Gasteiger partial charge is 0.490 e. The Balaban J connectivity index is 0.000000286. The highest BCUT2D eigenvalue weighted by Crippen LogP contribution is 2.47. The average Bonchev–Trinajstić information content (AvgIpc) is 3.37. The Labute approximate surface area is 214 Å². The molecule has 0 aromatic carbocycles. The number of nitrogens with zero attached hydrogens (tertiary/aromatic N) is 4. The zero-order chi connectivity index (χ0) is 28.0. The summed E-state index contributed by atoms with van der Waals surface area (Å²) in [6, 6.07) is 6.09. The van der Waals surface area contributed by atoms with Gasteiger partial charge >= 0.3 is 24.3 Å². The predicted octanol–water partition coefficient (Wildman–Crippen LogP) is 4.10. The summed E-state index contributed by atoms with van der Waals surface area (Å²) in [7, 11) is 0. The molecule has 0 aliphatic carbocycles. The van der Waals surface area contributed by atoms with Crippen molar-refractivity contribution >= 4 is 40.2 Å². The van der Waals surface area contributed by atoms with Crippen LogP contribution in [-0.2, 0) is 20.9 Å². The molecule has 2 fully saturated rings. The molecule has 4 heterocycles. The van der Waals surface area contributed by atoms with Gasteiger partial charge in [-0.25, -0.2) is 9.59 Å². The monoisotopic (exact) mass is 576 g/mol. The molecule has 1 spiro atoms. The molecule has 0 radical (unpaired) electrons. The van der Waals surface area contributed by atoms with Crippen LogP contribution in [0.15, 0.2) is 18.2 Å². The summed E-state index contributed by atoms with van der Waals surface area (Å²) in [4.78, 5) is 24.6. The molecule has 206 valence electrons. The molecule has 17 heteroatoms. The minimum atomic E-state index is -5.08. The van der Waals surface area contributed by atoms with Crippen LogP contribution in [0.25, 0.3) is 0 Å². The van der Waals surface area contributed by atoms with Crippen LogP contribution >= 0.6 is 23.1 Å². The Kier molecular flexibility index (Phi) is 10.1. The van der Waals surface area contributed by atoms with E-state index in [0.29, 0.717) is 17.5 Å². The van der Waals surface area contributed by atoms with Gasteiger partial charge in [-0.3, -0.25) is 4.98 Å². The Morgan fingerprint density at radius 2 is 1.65 bits per heavy atom. The maximum Gasteiger partial charge on any atom is 0.490 e. The van der Waals surface area contributed by atoms with Crippen LogP contribution in [0.4, 0.5) is 31.5 Å². The number of anilines is 1. The number of rotatable bonds is 4. The van der Waals surface area contributed by atoms with Crippen LogP contribution < -0.4 is 4.90 Å². The molecular weight excluding hydrogens is 554 g/mol. The van der Waals surface area contributed by atoms with Crippen LogP contribution in [0.2, 0.25) is 0 Å². The molecule has 9 nitrogen and oxygen atoms in total. The second kappa shape index (κ2) is 12.3. The number of hydrogen-bond acceptors (Lipinski definition) is 9. The van der Waals surface area contributed by atoms with Crippen LogP contribution in [0.5, 0.6) is 0 Å². The number of pyridine rings is 1. The summed E-state index contributed by atoms with van der Waals surface area (Å²) in [5.41, 5.74) is 2.07. The van der Waals surface area contributed by atoms with Crippen molar-refractivity contribution in [3.05, 3.63) is 34.6 Å². The summed E-state index contributed by atoms with van der Waals surface area (Å²) in [5.74, 6) is -4.44. The Morgan fingerprint density at radius 3 is 2.11 bits per heavy atom. The zero-order valence-electron chi connectivity index (χ0n) is 19.3. The Morgan fingerprint density at radius 1 is 1.08 bits per heavy atom. The second-order valence-corrected chi connectivity index (χ2v) is 10.6. The van der Waals surface area contributed by atoms with Crippen molar-refractivity contribution in [3.63, 3.8) is 0 Å². The molecule has 2 aromatic rings. The lowest BCUT2D eigenvalue weighted by atomic mass is 9.93. The lowest BCUT2D eigenvalue weighted by molar-refractivity contribution is -0.193. The summed E-state index contributed by atoms with van der Waals surface area (Å²) >= 11 is 3.73. The molecule has 2 aromatic heterocycles. The number of thioether (sulfide) groups is 1. The minimum Gasteiger partial charge on any atom is -0.475 e. The lowest BCUT2D eigenvalue weighted by Crippen LogP contribution is -2.59. The van der Waals surface area contributed by atoms with Crippen molar-refractivity contribution in [1.82, 2.24) is 15.2 Å². The number of carboxylic acid groups (broad SMARTS) is 2. The Hall–Kier alpha value is -2.66. The number of ether oxygens (including phenoxy) is 1. The van der Waals surface area contributed by atoms with Crippen molar-refractivity contribution in [3.8, 4) is 0 Å². The molecule has 37 heavy (non-hydrogen) atoms. The molecule has 2 saturated heterocycles. The van der Waals surface area contributed by atoms with Crippen molar-refractivity contribution in [2.75, 3.05) is 23.7 Å². The standard InChI is InChI=1S/C16H20N4OS2.2C2HF3O2/c1-11-4-3-5-13(17-11)7-21-14-6-16(22-8-14)9-20(10-16)15-19-18-12(2)23-15;2*3-2(4,5)1(6)7/h3-5,14H,6-10H2,1-2H3;2*(H,6,7). The molecular formula is C20H22F6N4O5S2. The molecule has 4 rings (SSSR count). The van der Waals surface area contributed by atoms with E-state index < -0.39 is 24.3 Å². The van der Waals surface area contributed by atoms with Gasteiger partial charge in [-0.2, -0.15) is 26.3 Å². The number of halogens is 6. The number of aromatic nitrogens is 3. The molecule has 2 N–H and O–H groups in total. The highest BCUT2D eigenvalue weighted by atomic mass is 32.2. The number of aliphatic carboxylic acids is 2. The van der Waals surface area contributed by atoms with E-state index in [0.717, 1.165) is 46.8 Å². The molecule has 2 aliphatic heterocycles. The lowest BCUT2D eigenvalue weighted by Gasteiger charge is -2.47. The fourth-order valence-electron chi connectivity index (χ4n) is 3.21. The SMILES string of the molecule is Cc1cccc(COC2CSC3(C2)CN(c2nnc(C)s2)C3)n1.O=C(O)C(F)(F)F.O=C(O)C(F)(F)F. The Bertz CT molecular complexity index is 1050. The third-order valence-electron chi connectivity index (χ3n) is 4.82. The maximum atomic E-state index is 10.6. The number of hydrogen-bond donors (Lipinski definition) is 2. The molecule has 0 bridgehead atoms. The smallest absolute Gasteiger partial charge is 0.475 e. The first kappa shape index (κ1) is 30.6. The van der Waals surface area contributed by atoms with Gasteiger partial charge in [0.2, 0.25) is 5.13 Å². The fraction of sp³-hybridized carbons (Fsp3) is 0.550. The quantitative estimate of drug-likeness (QED) is 0.514. The van der Waals surface area contributed by atoms with Crippen molar-refractivity contribution in [2.24, 2.45) is 0 Å². The van der Waals surface area contributed by atoms with Crippen LogP contribution in [0.3, 0.4) is 0 Å². The molecule has 2 aliphatic rings. The van der Waals surface area contributed by atoms with E-state index in [1.165, 1.54) is 0 Å². The third-order valence-corrected chi connectivity index (χ3v) is 7.29. The van der Waals surface area contributed by atoms with Gasteiger partial charge in [-0.1, -0.05) is 17.4 Å². The normalized spacial score (nSPS) is 18.3. The van der Waals surface area contributed by atoms with Gasteiger partial charge in [-0.05, 0) is 32.4 Å². The van der Waals surface area contributed by atoms with Crippen molar-refractivity contribution in [2.45, 2.75) is 50.1 Å². The van der Waals surface area contributed by atoms with Crippen LogP contribution in [-0.4, -0.2) is 79.4 Å². The first-order valence-corrected chi connectivity index (χ1v) is 12.1. The van der Waals surface area contributed by atoms with Gasteiger partial charge in [0.1, 0.15) is 5.01 Å². The van der Waals surface area contributed by atoms with Gasteiger partial charge in [0.25, 0.3) is 0 Å². The maximum absolute atomic E-state index is 10.6. The van der Waals surface area contributed by atoms with Crippen molar-refractivity contribution in [1.29, 1.82) is 0 Å².